The molecule has 3 heterocycles. The number of para-hydroxylation sites is 2. The van der Waals surface area contributed by atoms with Crippen molar-refractivity contribution in [2.45, 2.75) is 25.4 Å². The maximum Gasteiger partial charge on any atom is 0.225 e. The number of aryl methyl sites for hydroxylation is 2. The highest BCUT2D eigenvalue weighted by Crippen LogP contribution is 2.33. The Morgan fingerprint density at radius 2 is 1.84 bits per heavy atom. The third-order valence-electron chi connectivity index (χ3n) is 4.82. The number of carbonyl (C=O) groups excluding carboxylic acids is 1. The van der Waals surface area contributed by atoms with Gasteiger partial charge in [0.05, 0.1) is 34.5 Å². The molecule has 1 aliphatic rings. The minimum absolute atomic E-state index is 0.0814. The summed E-state index contributed by atoms with van der Waals surface area (Å²) in [5.74, 6) is 0.828. The van der Waals surface area contributed by atoms with Gasteiger partial charge in [-0.25, -0.2) is 9.97 Å². The second-order valence-corrected chi connectivity index (χ2v) is 6.43. The summed E-state index contributed by atoms with van der Waals surface area (Å²) in [7, 11) is 3.73. The Morgan fingerprint density at radius 3 is 2.52 bits per heavy atom. The second kappa shape index (κ2) is 5.84. The lowest BCUT2D eigenvalue weighted by Gasteiger charge is -2.26. The topological polar surface area (TPSA) is 75.9 Å². The van der Waals surface area contributed by atoms with Gasteiger partial charge in [0.2, 0.25) is 5.91 Å². The number of hydrogen-bond acceptors (Lipinski definition) is 5. The van der Waals surface area contributed by atoms with Crippen LogP contribution in [0.3, 0.4) is 0 Å². The van der Waals surface area contributed by atoms with Gasteiger partial charge in [-0.05, 0) is 25.1 Å². The standard InChI is InChI=1S/C18H20N6O/c1-11-18(21-13-7-5-4-6-12(13)20-11)22-14-10-16(25)23(2)17(14)15-8-9-19-24(15)3/h4-9,14,17H,10H2,1-3H3,(H,21,22)/t14-,17-/m1/s1. The summed E-state index contributed by atoms with van der Waals surface area (Å²) in [5, 5.41) is 7.69. The first-order chi connectivity index (χ1) is 12.0. The van der Waals surface area contributed by atoms with Gasteiger partial charge < -0.3 is 10.2 Å². The molecule has 0 unspecified atom stereocenters. The van der Waals surface area contributed by atoms with E-state index in [9.17, 15) is 4.79 Å². The van der Waals surface area contributed by atoms with E-state index in [0.717, 1.165) is 28.2 Å². The maximum atomic E-state index is 12.3. The van der Waals surface area contributed by atoms with E-state index in [1.165, 1.54) is 0 Å². The zero-order valence-corrected chi connectivity index (χ0v) is 14.5. The zero-order chi connectivity index (χ0) is 17.6. The van der Waals surface area contributed by atoms with Gasteiger partial charge >= 0.3 is 0 Å². The Kier molecular flexibility index (Phi) is 3.63. The maximum absolute atomic E-state index is 12.3. The molecule has 1 saturated heterocycles. The van der Waals surface area contributed by atoms with Crippen molar-refractivity contribution < 1.29 is 4.79 Å². The minimum Gasteiger partial charge on any atom is -0.363 e. The zero-order valence-electron chi connectivity index (χ0n) is 14.5. The van der Waals surface area contributed by atoms with Crippen LogP contribution in [-0.4, -0.2) is 43.6 Å². The summed E-state index contributed by atoms with van der Waals surface area (Å²) in [6.45, 7) is 1.93. The van der Waals surface area contributed by atoms with E-state index in [2.05, 4.69) is 15.4 Å². The van der Waals surface area contributed by atoms with Crippen LogP contribution in [0.5, 0.6) is 0 Å². The van der Waals surface area contributed by atoms with Crippen molar-refractivity contribution in [3.8, 4) is 0 Å². The number of anilines is 1. The lowest BCUT2D eigenvalue weighted by Crippen LogP contribution is -2.32. The van der Waals surface area contributed by atoms with E-state index in [0.29, 0.717) is 6.42 Å². The third kappa shape index (κ3) is 2.61. The van der Waals surface area contributed by atoms with Crippen molar-refractivity contribution in [3.05, 3.63) is 47.9 Å². The number of nitrogens with zero attached hydrogens (tertiary/aromatic N) is 5. The molecule has 2 atom stereocenters. The van der Waals surface area contributed by atoms with E-state index in [-0.39, 0.29) is 18.0 Å². The number of likely N-dealkylation sites (tertiary alicyclic amines) is 1. The molecule has 0 spiro atoms. The fraction of sp³-hybridized carbons (Fsp3) is 0.333. The van der Waals surface area contributed by atoms with Crippen LogP contribution < -0.4 is 5.32 Å². The first-order valence-corrected chi connectivity index (χ1v) is 8.28. The van der Waals surface area contributed by atoms with Crippen molar-refractivity contribution in [1.29, 1.82) is 0 Å². The van der Waals surface area contributed by atoms with Crippen LogP contribution in [0.25, 0.3) is 11.0 Å². The highest BCUT2D eigenvalue weighted by atomic mass is 16.2. The van der Waals surface area contributed by atoms with Crippen LogP contribution >= 0.6 is 0 Å². The number of aromatic nitrogens is 4. The highest BCUT2D eigenvalue weighted by molar-refractivity contribution is 5.81. The summed E-state index contributed by atoms with van der Waals surface area (Å²) in [6.07, 6.45) is 2.17. The molecule has 1 fully saturated rings. The number of rotatable bonds is 3. The van der Waals surface area contributed by atoms with Crippen molar-refractivity contribution >= 4 is 22.8 Å². The van der Waals surface area contributed by atoms with E-state index in [1.807, 2.05) is 56.0 Å². The molecule has 1 aromatic carbocycles. The molecule has 128 valence electrons. The average Bonchev–Trinajstić information content (AvgIpc) is 3.12. The Hall–Kier alpha value is -2.96. The summed E-state index contributed by atoms with van der Waals surface area (Å²) in [4.78, 5) is 23.4. The van der Waals surface area contributed by atoms with Crippen LogP contribution in [-0.2, 0) is 11.8 Å². The van der Waals surface area contributed by atoms with Gasteiger partial charge in [-0.15, -0.1) is 0 Å². The number of likely N-dealkylation sites (N-methyl/N-ethyl adjacent to an activating group) is 1. The molecule has 3 aromatic rings. The highest BCUT2D eigenvalue weighted by Gasteiger charge is 2.40. The van der Waals surface area contributed by atoms with Gasteiger partial charge in [-0.1, -0.05) is 12.1 Å². The Labute approximate surface area is 145 Å². The smallest absolute Gasteiger partial charge is 0.225 e. The van der Waals surface area contributed by atoms with E-state index in [1.54, 1.807) is 11.1 Å². The normalized spacial score (nSPS) is 20.4. The quantitative estimate of drug-likeness (QED) is 0.792. The molecule has 0 radical (unpaired) electrons. The van der Waals surface area contributed by atoms with Crippen LogP contribution in [0, 0.1) is 6.92 Å². The number of benzene rings is 1. The molecular weight excluding hydrogens is 316 g/mol. The summed E-state index contributed by atoms with van der Waals surface area (Å²) in [5.41, 5.74) is 3.53. The van der Waals surface area contributed by atoms with E-state index < -0.39 is 0 Å². The Bertz CT molecular complexity index is 950. The van der Waals surface area contributed by atoms with Crippen LogP contribution in [0.4, 0.5) is 5.82 Å². The number of nitrogens with one attached hydrogen (secondary N) is 1. The third-order valence-corrected chi connectivity index (χ3v) is 4.82. The molecule has 0 saturated carbocycles. The van der Waals surface area contributed by atoms with Crippen LogP contribution in [0.2, 0.25) is 0 Å². The molecule has 7 heteroatoms. The molecule has 1 amide bonds. The largest absolute Gasteiger partial charge is 0.363 e. The minimum atomic E-state index is -0.0901. The second-order valence-electron chi connectivity index (χ2n) is 6.43. The van der Waals surface area contributed by atoms with Gasteiger partial charge in [0.1, 0.15) is 5.82 Å². The first kappa shape index (κ1) is 15.6. The Balaban J connectivity index is 1.70. The SMILES string of the molecule is Cc1nc2ccccc2nc1N[C@@H]1CC(=O)N(C)[C@H]1c1ccnn1C. The van der Waals surface area contributed by atoms with E-state index >= 15 is 0 Å². The van der Waals surface area contributed by atoms with Crippen molar-refractivity contribution in [2.24, 2.45) is 7.05 Å². The molecule has 7 nitrogen and oxygen atoms in total. The molecule has 2 aromatic heterocycles. The molecule has 0 aliphatic carbocycles. The van der Waals surface area contributed by atoms with E-state index in [4.69, 9.17) is 4.98 Å². The van der Waals surface area contributed by atoms with Crippen LogP contribution in [0.1, 0.15) is 23.9 Å². The predicted octanol–water partition coefficient (Wildman–Crippen LogP) is 2.06. The predicted molar refractivity (Wildman–Crippen MR) is 95.0 cm³/mol. The summed E-state index contributed by atoms with van der Waals surface area (Å²) >= 11 is 0. The van der Waals surface area contributed by atoms with Gasteiger partial charge in [-0.2, -0.15) is 5.10 Å². The van der Waals surface area contributed by atoms with Gasteiger partial charge in [0, 0.05) is 26.7 Å². The first-order valence-electron chi connectivity index (χ1n) is 8.28. The van der Waals surface area contributed by atoms with Crippen molar-refractivity contribution in [3.63, 3.8) is 0 Å². The monoisotopic (exact) mass is 336 g/mol. The molecular formula is C18H20N6O. The van der Waals surface area contributed by atoms with Crippen molar-refractivity contribution in [1.82, 2.24) is 24.6 Å². The summed E-state index contributed by atoms with van der Waals surface area (Å²) < 4.78 is 1.81. The summed E-state index contributed by atoms with van der Waals surface area (Å²) in [6, 6.07) is 9.57. The molecule has 1 N–H and O–H groups in total. The lowest BCUT2D eigenvalue weighted by atomic mass is 10.1. The number of fused-ring (bicyclic) bond motifs is 1. The number of hydrogen-bond donors (Lipinski definition) is 1. The number of carbonyl (C=O) groups is 1. The van der Waals surface area contributed by atoms with Gasteiger partial charge in [0.25, 0.3) is 0 Å². The van der Waals surface area contributed by atoms with Gasteiger partial charge in [0.15, 0.2) is 0 Å². The lowest BCUT2D eigenvalue weighted by molar-refractivity contribution is -0.127. The fourth-order valence-electron chi connectivity index (χ4n) is 3.48. The van der Waals surface area contributed by atoms with Crippen LogP contribution in [0.15, 0.2) is 36.5 Å². The van der Waals surface area contributed by atoms with Gasteiger partial charge in [-0.3, -0.25) is 9.48 Å². The van der Waals surface area contributed by atoms with Crippen molar-refractivity contribution in [2.75, 3.05) is 12.4 Å². The average molecular weight is 336 g/mol. The molecule has 1 aliphatic heterocycles. The molecule has 25 heavy (non-hydrogen) atoms. The molecule has 4 rings (SSSR count). The molecule has 0 bridgehead atoms. The number of amides is 1. The Morgan fingerprint density at radius 1 is 1.12 bits per heavy atom. The fourth-order valence-corrected chi connectivity index (χ4v) is 3.48.